The van der Waals surface area contributed by atoms with E-state index in [1.807, 2.05) is 6.92 Å². The van der Waals surface area contributed by atoms with Crippen LogP contribution in [0, 0.1) is 17.2 Å². The van der Waals surface area contributed by atoms with Gasteiger partial charge in [0.05, 0.1) is 31.5 Å². The smallest absolute Gasteiger partial charge is 0.280 e. The maximum absolute atomic E-state index is 13.0. The number of aromatic nitrogens is 4. The van der Waals surface area contributed by atoms with Crippen molar-refractivity contribution < 1.29 is 23.0 Å². The zero-order chi connectivity index (χ0) is 33.9. The van der Waals surface area contributed by atoms with E-state index in [-0.39, 0.29) is 65.2 Å². The van der Waals surface area contributed by atoms with Gasteiger partial charge in [-0.1, -0.05) is 41.5 Å². The number of amides is 1. The molecule has 1 amide bonds. The molecule has 252 valence electrons. The minimum Gasteiger partial charge on any atom is -0.408 e. The maximum Gasteiger partial charge on any atom is 0.280 e. The molecule has 0 radical (unpaired) electrons. The number of ether oxygens (including phenoxy) is 1. The fourth-order valence-corrected chi connectivity index (χ4v) is 7.92. The molecule has 0 spiro atoms. The van der Waals surface area contributed by atoms with Gasteiger partial charge in [0, 0.05) is 18.0 Å². The van der Waals surface area contributed by atoms with Crippen molar-refractivity contribution in [2.75, 3.05) is 11.9 Å². The van der Waals surface area contributed by atoms with Crippen LogP contribution < -0.4 is 10.9 Å². The second-order valence-electron chi connectivity index (χ2n) is 13.8. The topological polar surface area (TPSA) is 157 Å². The Kier molecular flexibility index (Phi) is 12.5. The normalized spacial score (nSPS) is 21.8. The van der Waals surface area contributed by atoms with Gasteiger partial charge in [0.1, 0.15) is 12.2 Å². The molecule has 2 N–H and O–H groups in total. The number of imidazole rings is 1. The number of anilines is 1. The van der Waals surface area contributed by atoms with Crippen LogP contribution in [-0.4, -0.2) is 75.4 Å². The van der Waals surface area contributed by atoms with Crippen molar-refractivity contribution in [3.8, 4) is 6.07 Å². The van der Waals surface area contributed by atoms with E-state index in [1.165, 1.54) is 6.33 Å². The Balaban J connectivity index is 2.18. The summed E-state index contributed by atoms with van der Waals surface area (Å²) in [5, 5.41) is 11.8. The number of nitrogens with zero attached hydrogens (tertiary/aromatic N) is 5. The van der Waals surface area contributed by atoms with Gasteiger partial charge in [0.15, 0.2) is 25.7 Å². The molecule has 13 nitrogen and oxygen atoms in total. The average Bonchev–Trinajstić information content (AvgIpc) is 3.48. The molecule has 2 aromatic rings. The summed E-state index contributed by atoms with van der Waals surface area (Å²) in [6, 6.07) is 2.32. The van der Waals surface area contributed by atoms with Crippen molar-refractivity contribution in [3.63, 3.8) is 0 Å². The monoisotopic (exact) mass is 665 g/mol. The highest BCUT2D eigenvalue weighted by Crippen LogP contribution is 2.52. The first-order valence-electron chi connectivity index (χ1n) is 15.8. The van der Waals surface area contributed by atoms with Gasteiger partial charge in [0.2, 0.25) is 11.9 Å². The van der Waals surface area contributed by atoms with Gasteiger partial charge in [-0.3, -0.25) is 24.5 Å². The first-order chi connectivity index (χ1) is 20.9. The first kappa shape index (κ1) is 37.2. The van der Waals surface area contributed by atoms with E-state index in [4.69, 9.17) is 18.2 Å². The molecule has 3 rings (SSSR count). The molecule has 45 heavy (non-hydrogen) atoms. The molecule has 5 atom stereocenters. The fourth-order valence-electron chi connectivity index (χ4n) is 4.86. The van der Waals surface area contributed by atoms with E-state index in [0.29, 0.717) is 6.42 Å². The third-order valence-electron chi connectivity index (χ3n) is 8.27. The zero-order valence-corrected chi connectivity index (χ0v) is 30.8. The van der Waals surface area contributed by atoms with Crippen LogP contribution in [0.15, 0.2) is 11.1 Å². The predicted octanol–water partition coefficient (Wildman–Crippen LogP) is 6.07. The van der Waals surface area contributed by atoms with Crippen molar-refractivity contribution in [1.29, 1.82) is 5.26 Å². The molecule has 0 aliphatic carbocycles. The van der Waals surface area contributed by atoms with Crippen LogP contribution in [0.3, 0.4) is 0 Å². The van der Waals surface area contributed by atoms with Gasteiger partial charge < -0.3 is 18.2 Å². The van der Waals surface area contributed by atoms with E-state index in [9.17, 15) is 14.9 Å². The Labute approximate surface area is 269 Å². The molecule has 1 fully saturated rings. The number of hydrogen-bond donors (Lipinski definition) is 2. The number of carbonyl (C=O) groups excluding carboxylic acids is 1. The summed E-state index contributed by atoms with van der Waals surface area (Å²) in [5.41, 5.74) is -0.124. The summed E-state index contributed by atoms with van der Waals surface area (Å²) >= 11 is 0. The quantitative estimate of drug-likeness (QED) is 0.138. The number of nitrogens with one attached hydrogen (secondary N) is 2. The average molecular weight is 666 g/mol. The fraction of sp³-hybridized carbons (Fsp3) is 0.767. The molecule has 1 aliphatic heterocycles. The third kappa shape index (κ3) is 8.57. The van der Waals surface area contributed by atoms with Gasteiger partial charge in [0.25, 0.3) is 14.1 Å². The Morgan fingerprint density at radius 2 is 1.87 bits per heavy atom. The molecule has 0 bridgehead atoms. The van der Waals surface area contributed by atoms with Gasteiger partial charge in [-0.15, -0.1) is 0 Å². The van der Waals surface area contributed by atoms with Crippen LogP contribution in [0.25, 0.3) is 11.2 Å². The van der Waals surface area contributed by atoms with E-state index >= 15 is 0 Å². The van der Waals surface area contributed by atoms with Crippen LogP contribution in [0.2, 0.25) is 18.1 Å². The largest absolute Gasteiger partial charge is 0.408 e. The standard InChI is InChI=1S/C30H52N7O6PSi/c1-13-21-23(43-45(11,12)30(8,9)10)24(42-44(40-16-14-15-31)37(19(4)5)20(6)7)28(41-21)36-17-32-22-25(36)33-29(35-27(22)39)34-26(38)18(2)3/h17-21,23-24,28H,13-14,16H2,1-12H3,(H2,33,34,35,38,39)/t21-,23-,24-,28?,44?/m1/s1. The van der Waals surface area contributed by atoms with Crippen molar-refractivity contribution in [1.82, 2.24) is 24.2 Å². The molecule has 15 heteroatoms. The molecule has 3 heterocycles. The molecule has 1 aliphatic rings. The molecule has 2 unspecified atom stereocenters. The number of aromatic amines is 1. The second-order valence-corrected chi connectivity index (χ2v) is 20.0. The summed E-state index contributed by atoms with van der Waals surface area (Å²) in [5.74, 6) is -0.564. The number of nitriles is 1. The van der Waals surface area contributed by atoms with E-state index in [2.05, 4.69) is 92.6 Å². The molecule has 2 aromatic heterocycles. The highest BCUT2D eigenvalue weighted by molar-refractivity contribution is 7.44. The summed E-state index contributed by atoms with van der Waals surface area (Å²) in [6.07, 6.45) is 0.139. The molecule has 1 saturated heterocycles. The molecule has 0 aromatic carbocycles. The highest BCUT2D eigenvalue weighted by atomic mass is 31.2. The van der Waals surface area contributed by atoms with E-state index in [0.717, 1.165) is 0 Å². The minimum atomic E-state index is -2.33. The maximum atomic E-state index is 13.0. The number of carbonyl (C=O) groups is 1. The second kappa shape index (κ2) is 15.1. The lowest BCUT2D eigenvalue weighted by molar-refractivity contribution is -0.118. The van der Waals surface area contributed by atoms with Crippen LogP contribution in [0.4, 0.5) is 5.95 Å². The minimum absolute atomic E-state index is 0.0254. The van der Waals surface area contributed by atoms with Crippen LogP contribution in [-0.2, 0) is 23.0 Å². The molecule has 0 saturated carbocycles. The lowest BCUT2D eigenvalue weighted by Crippen LogP contribution is -2.49. The summed E-state index contributed by atoms with van der Waals surface area (Å²) in [6.45, 7) is 25.1. The summed E-state index contributed by atoms with van der Waals surface area (Å²) in [7, 11) is -4.00. The molecular weight excluding hydrogens is 613 g/mol. The number of hydrogen-bond acceptors (Lipinski definition) is 10. The number of fused-ring (bicyclic) bond motifs is 1. The van der Waals surface area contributed by atoms with Crippen LogP contribution >= 0.6 is 8.53 Å². The SMILES string of the molecule is CC[C@H]1OC(n2cnc3c(=O)[nH]c(NC(=O)C(C)C)nc32)[C@H](OP(OCCC#N)N(C(C)C)C(C)C)[C@@H]1O[Si](C)(C)C(C)(C)C. The Morgan fingerprint density at radius 3 is 2.40 bits per heavy atom. The van der Waals surface area contributed by atoms with Crippen molar-refractivity contribution in [3.05, 3.63) is 16.7 Å². The Hall–Kier alpha value is -2.24. The first-order valence-corrected chi connectivity index (χ1v) is 19.8. The zero-order valence-electron chi connectivity index (χ0n) is 28.9. The van der Waals surface area contributed by atoms with Crippen molar-refractivity contribution >= 4 is 39.9 Å². The predicted molar refractivity (Wildman–Crippen MR) is 178 cm³/mol. The summed E-state index contributed by atoms with van der Waals surface area (Å²) < 4.78 is 30.9. The lowest BCUT2D eigenvalue weighted by atomic mass is 10.1. The van der Waals surface area contributed by atoms with Gasteiger partial charge in [-0.2, -0.15) is 10.2 Å². The van der Waals surface area contributed by atoms with Crippen molar-refractivity contribution in [2.45, 2.75) is 137 Å². The molecular formula is C30H52N7O6PSi. The van der Waals surface area contributed by atoms with Gasteiger partial charge >= 0.3 is 0 Å². The highest BCUT2D eigenvalue weighted by Gasteiger charge is 2.53. The van der Waals surface area contributed by atoms with Crippen LogP contribution in [0.5, 0.6) is 0 Å². The number of H-pyrrole nitrogens is 1. The number of rotatable bonds is 14. The third-order valence-corrected chi connectivity index (χ3v) is 14.9. The van der Waals surface area contributed by atoms with Gasteiger partial charge in [-0.25, -0.2) is 9.65 Å². The summed E-state index contributed by atoms with van der Waals surface area (Å²) in [4.78, 5) is 37.1. The van der Waals surface area contributed by atoms with Crippen LogP contribution in [0.1, 0.15) is 88.3 Å². The van der Waals surface area contributed by atoms with E-state index < -0.39 is 40.8 Å². The lowest BCUT2D eigenvalue weighted by Gasteiger charge is -2.42. The Morgan fingerprint density at radius 1 is 1.22 bits per heavy atom. The van der Waals surface area contributed by atoms with Crippen molar-refractivity contribution in [2.24, 2.45) is 5.92 Å². The Bertz CT molecular complexity index is 1390. The van der Waals surface area contributed by atoms with E-state index in [1.54, 1.807) is 18.4 Å². The van der Waals surface area contributed by atoms with Gasteiger partial charge in [-0.05, 0) is 52.2 Å².